The Morgan fingerprint density at radius 2 is 1.31 bits per heavy atom. The fourth-order valence-corrected chi connectivity index (χ4v) is 9.26. The van der Waals surface area contributed by atoms with E-state index in [1.54, 1.807) is 13.0 Å². The van der Waals surface area contributed by atoms with Crippen LogP contribution in [-0.4, -0.2) is 64.8 Å². The lowest BCUT2D eigenvalue weighted by Crippen LogP contribution is -2.50. The van der Waals surface area contributed by atoms with E-state index in [-0.39, 0.29) is 64.3 Å². The minimum absolute atomic E-state index is 0.00535. The van der Waals surface area contributed by atoms with Crippen LogP contribution in [0.4, 0.5) is 4.79 Å². The first-order valence-electron chi connectivity index (χ1n) is 20.2. The predicted octanol–water partition coefficient (Wildman–Crippen LogP) is 11.3. The molecule has 1 amide bonds. The SMILES string of the molecule is C=C/C=C\C(C)C(OC(N)=O)C(C)C(O[Si](C)(C)C(C)(C)C)C(C)C/C(C)=C\C(C)C(O[Si](C)(C)C(C)(C)C)C(C)/C=C\[CH]CC(O)CCC(=O)OCC. The van der Waals surface area contributed by atoms with E-state index in [2.05, 4.69) is 121 Å². The largest absolute Gasteiger partial charge is 0.466 e. The van der Waals surface area contributed by atoms with E-state index in [1.807, 2.05) is 31.6 Å². The highest BCUT2D eigenvalue weighted by atomic mass is 28.4. The average molecular weight is 793 g/mol. The highest BCUT2D eigenvalue weighted by molar-refractivity contribution is 6.74. The van der Waals surface area contributed by atoms with Gasteiger partial charge in [0.2, 0.25) is 0 Å². The third-order valence-electron chi connectivity index (χ3n) is 11.6. The lowest BCUT2D eigenvalue weighted by atomic mass is 9.81. The van der Waals surface area contributed by atoms with Crippen LogP contribution in [0, 0.1) is 36.0 Å². The summed E-state index contributed by atoms with van der Waals surface area (Å²) in [4.78, 5) is 23.9. The Morgan fingerprint density at radius 3 is 1.80 bits per heavy atom. The summed E-state index contributed by atoms with van der Waals surface area (Å²) in [5, 5.41) is 10.4. The minimum atomic E-state index is -2.22. The Hall–Kier alpha value is -1.99. The molecule has 0 bridgehead atoms. The van der Waals surface area contributed by atoms with Gasteiger partial charge in [0.1, 0.15) is 6.10 Å². The lowest BCUT2D eigenvalue weighted by Gasteiger charge is -2.45. The van der Waals surface area contributed by atoms with Crippen molar-refractivity contribution in [1.29, 1.82) is 0 Å². The molecule has 54 heavy (non-hydrogen) atoms. The molecule has 0 aliphatic carbocycles. The normalized spacial score (nSPS) is 18.7. The molecule has 0 heterocycles. The van der Waals surface area contributed by atoms with Crippen molar-refractivity contribution >= 4 is 28.7 Å². The first-order valence-corrected chi connectivity index (χ1v) is 26.0. The molecule has 0 aromatic rings. The first kappa shape index (κ1) is 52.0. The van der Waals surface area contributed by atoms with Gasteiger partial charge in [0.15, 0.2) is 16.6 Å². The second-order valence-corrected chi connectivity index (χ2v) is 28.2. The van der Waals surface area contributed by atoms with Gasteiger partial charge in [-0.1, -0.05) is 125 Å². The van der Waals surface area contributed by atoms with Gasteiger partial charge in [0, 0.05) is 18.3 Å². The topological polar surface area (TPSA) is 117 Å². The van der Waals surface area contributed by atoms with E-state index < -0.39 is 34.9 Å². The molecule has 0 fully saturated rings. The van der Waals surface area contributed by atoms with E-state index in [9.17, 15) is 14.7 Å². The number of aliphatic hydroxyl groups excluding tert-OH is 1. The summed E-state index contributed by atoms with van der Waals surface area (Å²) in [7, 11) is -4.36. The van der Waals surface area contributed by atoms with Crippen molar-refractivity contribution in [3.63, 3.8) is 0 Å². The number of hydrogen-bond acceptors (Lipinski definition) is 7. The molecule has 0 saturated heterocycles. The standard InChI is InChI=1S/C44H82NO7Si2/c1-19-21-24-33(5)40(50-42(45)48)36(8)41(52-54(17,18)44(12,13)14)35(7)30-31(3)29-34(6)39(51-53(15,16)43(9,10)11)32(4)25-22-23-26-37(46)27-28-38(47)49-20-2/h19,21-25,29,32-37,39-41,46H,1,20,26-28,30H2,2-18H3,(H2,45,48)/b24-21-,25-22-,31-29-. The van der Waals surface area contributed by atoms with Crippen LogP contribution in [0.2, 0.25) is 36.3 Å². The van der Waals surface area contributed by atoms with Gasteiger partial charge >= 0.3 is 12.1 Å². The van der Waals surface area contributed by atoms with Crippen molar-refractivity contribution in [2.75, 3.05) is 6.61 Å². The van der Waals surface area contributed by atoms with Crippen LogP contribution < -0.4 is 5.73 Å². The maximum Gasteiger partial charge on any atom is 0.404 e. The van der Waals surface area contributed by atoms with Gasteiger partial charge in [0.25, 0.3) is 0 Å². The van der Waals surface area contributed by atoms with Gasteiger partial charge in [-0.2, -0.15) is 0 Å². The number of primary amides is 1. The minimum Gasteiger partial charge on any atom is -0.466 e. The van der Waals surface area contributed by atoms with E-state index in [0.717, 1.165) is 6.42 Å². The Morgan fingerprint density at radius 1 is 0.815 bits per heavy atom. The molecule has 0 aliphatic heterocycles. The van der Waals surface area contributed by atoms with Crippen molar-refractivity contribution < 1.29 is 33.0 Å². The van der Waals surface area contributed by atoms with Crippen LogP contribution in [-0.2, 0) is 23.1 Å². The lowest BCUT2D eigenvalue weighted by molar-refractivity contribution is -0.143. The summed E-state index contributed by atoms with van der Waals surface area (Å²) in [6.45, 7) is 41.7. The first-order chi connectivity index (χ1) is 24.6. The monoisotopic (exact) mass is 793 g/mol. The van der Waals surface area contributed by atoms with Gasteiger partial charge in [-0.3, -0.25) is 4.79 Å². The molecule has 1 radical (unpaired) electrons. The maximum atomic E-state index is 12.2. The maximum absolute atomic E-state index is 12.2. The van der Waals surface area contributed by atoms with Crippen LogP contribution in [0.3, 0.4) is 0 Å². The summed E-state index contributed by atoms with van der Waals surface area (Å²) in [5.74, 6) is -0.153. The number of carbonyl (C=O) groups excluding carboxylic acids is 2. The Kier molecular flexibility index (Phi) is 22.4. The van der Waals surface area contributed by atoms with Crippen molar-refractivity contribution in [3.8, 4) is 0 Å². The Labute approximate surface area is 334 Å². The molecule has 313 valence electrons. The molecular weight excluding hydrogens is 711 g/mol. The fourth-order valence-electron chi connectivity index (χ4n) is 6.32. The second-order valence-electron chi connectivity index (χ2n) is 18.7. The van der Waals surface area contributed by atoms with Gasteiger partial charge in [-0.05, 0) is 93.5 Å². The number of ether oxygens (including phenoxy) is 2. The van der Waals surface area contributed by atoms with Crippen molar-refractivity contribution in [3.05, 3.63) is 55.0 Å². The number of rotatable bonds is 24. The summed E-state index contributed by atoms with van der Waals surface area (Å²) in [6, 6.07) is 0. The molecule has 0 aromatic carbocycles. The number of hydrogen-bond donors (Lipinski definition) is 2. The Bertz CT molecular complexity index is 1230. The molecule has 0 aromatic heterocycles. The van der Waals surface area contributed by atoms with Crippen LogP contribution in [0.25, 0.3) is 0 Å². The summed E-state index contributed by atoms with van der Waals surface area (Å²) >= 11 is 0. The van der Waals surface area contributed by atoms with Crippen molar-refractivity contribution in [1.82, 2.24) is 0 Å². The van der Waals surface area contributed by atoms with Crippen molar-refractivity contribution in [2.45, 2.75) is 176 Å². The number of carbonyl (C=O) groups is 2. The van der Waals surface area contributed by atoms with Crippen LogP contribution >= 0.6 is 0 Å². The van der Waals surface area contributed by atoms with E-state index in [1.165, 1.54) is 5.57 Å². The molecule has 0 aliphatic rings. The number of aliphatic hydroxyl groups is 1. The summed E-state index contributed by atoms with van der Waals surface area (Å²) < 4.78 is 25.2. The zero-order chi connectivity index (χ0) is 42.2. The quantitative estimate of drug-likeness (QED) is 0.0432. The molecule has 0 rings (SSSR count). The van der Waals surface area contributed by atoms with E-state index in [0.29, 0.717) is 19.4 Å². The molecular formula is C44H82NO7Si2. The van der Waals surface area contributed by atoms with Gasteiger partial charge < -0.3 is 29.2 Å². The molecule has 8 nitrogen and oxygen atoms in total. The molecule has 3 N–H and O–H groups in total. The van der Waals surface area contributed by atoms with Crippen LogP contribution in [0.5, 0.6) is 0 Å². The smallest absolute Gasteiger partial charge is 0.404 e. The fraction of sp³-hybridized carbons (Fsp3) is 0.750. The van der Waals surface area contributed by atoms with Gasteiger partial charge in [-0.25, -0.2) is 4.79 Å². The molecule has 9 atom stereocenters. The Balaban J connectivity index is 6.48. The van der Waals surface area contributed by atoms with E-state index in [4.69, 9.17) is 24.1 Å². The van der Waals surface area contributed by atoms with Crippen molar-refractivity contribution in [2.24, 2.45) is 35.3 Å². The van der Waals surface area contributed by atoms with Crippen LogP contribution in [0.1, 0.15) is 116 Å². The molecule has 9 unspecified atom stereocenters. The highest BCUT2D eigenvalue weighted by Crippen LogP contribution is 2.42. The third-order valence-corrected chi connectivity index (χ3v) is 20.5. The predicted molar refractivity (Wildman–Crippen MR) is 232 cm³/mol. The molecule has 0 saturated carbocycles. The number of nitrogens with two attached hydrogens (primary N) is 1. The van der Waals surface area contributed by atoms with Gasteiger partial charge in [-0.15, -0.1) is 0 Å². The number of allylic oxidation sites excluding steroid dienone is 4. The number of esters is 1. The number of amides is 1. The third kappa shape index (κ3) is 18.3. The summed E-state index contributed by atoms with van der Waals surface area (Å²) in [6.07, 6.45) is 13.9. The highest BCUT2D eigenvalue weighted by Gasteiger charge is 2.44. The zero-order valence-corrected chi connectivity index (χ0v) is 39.5. The molecule has 0 spiro atoms. The van der Waals surface area contributed by atoms with Gasteiger partial charge in [0.05, 0.1) is 24.9 Å². The molecule has 10 heteroatoms. The van der Waals surface area contributed by atoms with Crippen LogP contribution in [0.15, 0.2) is 48.6 Å². The zero-order valence-electron chi connectivity index (χ0n) is 37.5. The van der Waals surface area contributed by atoms with E-state index >= 15 is 0 Å². The average Bonchev–Trinajstić information content (AvgIpc) is 3.03. The summed E-state index contributed by atoms with van der Waals surface area (Å²) in [5.41, 5.74) is 6.88. The second kappa shape index (κ2) is 23.3.